The van der Waals surface area contributed by atoms with Gasteiger partial charge >= 0.3 is 6.18 Å². The Morgan fingerprint density at radius 3 is 2.60 bits per heavy atom. The summed E-state index contributed by atoms with van der Waals surface area (Å²) < 4.78 is 74.6. The number of benzene rings is 2. The molecular weight excluding hydrogens is 492 g/mol. The average Bonchev–Trinajstić information content (AvgIpc) is 2.76. The first-order chi connectivity index (χ1) is 16.4. The molecule has 0 spiro atoms. The normalized spacial score (nSPS) is 12.2. The third-order valence-corrected chi connectivity index (χ3v) is 5.31. The molecule has 1 atom stereocenters. The maximum absolute atomic E-state index is 14.0. The second-order valence-corrected chi connectivity index (χ2v) is 8.21. The molecule has 186 valence electrons. The number of anilines is 4. The van der Waals surface area contributed by atoms with Crippen molar-refractivity contribution >= 4 is 40.1 Å². The summed E-state index contributed by atoms with van der Waals surface area (Å²) in [6, 6.07) is 10.0. The maximum atomic E-state index is 14.0. The Kier molecular flexibility index (Phi) is 7.86. The molecule has 14 heteroatoms. The summed E-state index contributed by atoms with van der Waals surface area (Å²) >= 11 is -2.06. The minimum atomic E-state index is -4.75. The van der Waals surface area contributed by atoms with Crippen molar-refractivity contribution in [2.75, 3.05) is 28.5 Å². The number of nitrogens with zero attached hydrogens (tertiary/aromatic N) is 3. The monoisotopic (exact) mass is 512 g/mol. The number of aromatic nitrogens is 2. The molecule has 0 bridgehead atoms. The number of carbonyl (C=O) groups is 1. The van der Waals surface area contributed by atoms with Gasteiger partial charge < -0.3 is 25.8 Å². The van der Waals surface area contributed by atoms with Crippen LogP contribution in [0.4, 0.5) is 40.7 Å². The van der Waals surface area contributed by atoms with E-state index in [2.05, 4.69) is 20.6 Å². The smallest absolute Gasteiger partial charge is 0.366 e. The van der Waals surface area contributed by atoms with Gasteiger partial charge in [0.2, 0.25) is 5.95 Å². The number of alkyl halides is 3. The fourth-order valence-corrected chi connectivity index (χ4v) is 3.52. The summed E-state index contributed by atoms with van der Waals surface area (Å²) in [7, 11) is 1.60. The van der Waals surface area contributed by atoms with E-state index in [1.807, 2.05) is 0 Å². The number of hydrogen-bond donors (Lipinski definition) is 4. The van der Waals surface area contributed by atoms with E-state index in [0.717, 1.165) is 12.1 Å². The topological polar surface area (TPSA) is 133 Å². The summed E-state index contributed by atoms with van der Waals surface area (Å²) in [5, 5.41) is 5.22. The molecule has 0 saturated heterocycles. The van der Waals surface area contributed by atoms with E-state index in [4.69, 9.17) is 10.3 Å². The molecule has 1 aromatic heterocycles. The number of nitrogens with two attached hydrogens (primary N) is 1. The Balaban J connectivity index is 1.83. The zero-order valence-corrected chi connectivity index (χ0v) is 19.0. The van der Waals surface area contributed by atoms with E-state index in [0.29, 0.717) is 17.4 Å². The first kappa shape index (κ1) is 25.8. The first-order valence-electron chi connectivity index (χ1n) is 9.86. The molecule has 0 aliphatic rings. The van der Waals surface area contributed by atoms with E-state index in [-0.39, 0.29) is 29.6 Å². The van der Waals surface area contributed by atoms with Crippen LogP contribution in [0.15, 0.2) is 48.7 Å². The average molecular weight is 512 g/mol. The molecule has 3 rings (SSSR count). The Labute approximate surface area is 199 Å². The number of nitrogens with one attached hydrogen (secondary N) is 2. The molecule has 0 saturated carbocycles. The SMILES string of the molecule is CN(CS(=O)O)c1cccc(CNc2nc(Nc3ccc(C(N)=O)c(F)c3)ncc2C(F)(F)F)c1. The predicted octanol–water partition coefficient (Wildman–Crippen LogP) is 3.70. The second kappa shape index (κ2) is 10.7. The van der Waals surface area contributed by atoms with Crippen molar-refractivity contribution in [2.45, 2.75) is 12.7 Å². The van der Waals surface area contributed by atoms with Gasteiger partial charge in [-0.05, 0) is 35.9 Å². The van der Waals surface area contributed by atoms with Crippen LogP contribution in [0.25, 0.3) is 0 Å². The molecule has 1 unspecified atom stereocenters. The van der Waals surface area contributed by atoms with Gasteiger partial charge in [-0.15, -0.1) is 0 Å². The lowest BCUT2D eigenvalue weighted by atomic mass is 10.2. The van der Waals surface area contributed by atoms with Gasteiger partial charge in [0.1, 0.15) is 23.1 Å². The summed E-state index contributed by atoms with van der Waals surface area (Å²) in [6.07, 6.45) is -4.16. The highest BCUT2D eigenvalue weighted by molar-refractivity contribution is 7.79. The van der Waals surface area contributed by atoms with Gasteiger partial charge in [0.25, 0.3) is 5.91 Å². The van der Waals surface area contributed by atoms with Crippen LogP contribution >= 0.6 is 0 Å². The largest absolute Gasteiger partial charge is 0.421 e. The number of amides is 1. The summed E-state index contributed by atoms with van der Waals surface area (Å²) in [5.41, 5.74) is 4.88. The van der Waals surface area contributed by atoms with Crippen molar-refractivity contribution in [2.24, 2.45) is 5.73 Å². The standard InChI is InChI=1S/C21H20F4N6O3S/c1-31(11-35(33)34)14-4-2-3-12(7-14)9-27-19-16(21(23,24)25)10-28-20(30-19)29-13-5-6-15(18(26)32)17(22)8-13/h2-8,10H,9,11H2,1H3,(H2,26,32)(H,33,34)(H2,27,28,29,30). The zero-order chi connectivity index (χ0) is 25.8. The van der Waals surface area contributed by atoms with E-state index in [1.165, 1.54) is 11.0 Å². The highest BCUT2D eigenvalue weighted by Gasteiger charge is 2.35. The summed E-state index contributed by atoms with van der Waals surface area (Å²) in [6.45, 7) is -0.0502. The lowest BCUT2D eigenvalue weighted by Gasteiger charge is -2.18. The van der Waals surface area contributed by atoms with Crippen LogP contribution in [0.5, 0.6) is 0 Å². The Hall–Kier alpha value is -3.78. The Morgan fingerprint density at radius 1 is 1.23 bits per heavy atom. The molecule has 0 aliphatic heterocycles. The van der Waals surface area contributed by atoms with E-state index in [1.54, 1.807) is 31.3 Å². The van der Waals surface area contributed by atoms with Crippen molar-refractivity contribution in [3.05, 3.63) is 71.2 Å². The summed E-state index contributed by atoms with van der Waals surface area (Å²) in [4.78, 5) is 20.2. The first-order valence-corrected chi connectivity index (χ1v) is 11.1. The zero-order valence-electron chi connectivity index (χ0n) is 18.1. The van der Waals surface area contributed by atoms with Crippen molar-refractivity contribution in [1.82, 2.24) is 9.97 Å². The van der Waals surface area contributed by atoms with E-state index >= 15 is 0 Å². The molecule has 0 aliphatic carbocycles. The lowest BCUT2D eigenvalue weighted by molar-refractivity contribution is -0.137. The minimum absolute atomic E-state index is 0.0502. The summed E-state index contributed by atoms with van der Waals surface area (Å²) in [5.74, 6) is -2.78. The number of hydrogen-bond acceptors (Lipinski definition) is 7. The van der Waals surface area contributed by atoms with E-state index < -0.39 is 40.4 Å². The second-order valence-electron chi connectivity index (χ2n) is 7.31. The van der Waals surface area contributed by atoms with Gasteiger partial charge in [0.05, 0.1) is 5.56 Å². The fraction of sp³-hybridized carbons (Fsp3) is 0.190. The number of halogens is 4. The molecule has 2 aromatic carbocycles. The number of rotatable bonds is 9. The molecular formula is C21H20F4N6O3S. The van der Waals surface area contributed by atoms with Gasteiger partial charge in [0, 0.05) is 31.2 Å². The highest BCUT2D eigenvalue weighted by Crippen LogP contribution is 2.34. The molecule has 5 N–H and O–H groups in total. The number of carbonyl (C=O) groups excluding carboxylic acids is 1. The van der Waals surface area contributed by atoms with Crippen LogP contribution in [-0.2, 0) is 23.8 Å². The third-order valence-electron chi connectivity index (χ3n) is 4.70. The fourth-order valence-electron chi connectivity index (χ4n) is 3.04. The molecule has 0 fully saturated rings. The molecule has 0 radical (unpaired) electrons. The van der Waals surface area contributed by atoms with Crippen LogP contribution in [0, 0.1) is 5.82 Å². The maximum Gasteiger partial charge on any atom is 0.421 e. The van der Waals surface area contributed by atoms with Gasteiger partial charge in [-0.25, -0.2) is 13.6 Å². The highest BCUT2D eigenvalue weighted by atomic mass is 32.2. The van der Waals surface area contributed by atoms with Crippen LogP contribution in [0.2, 0.25) is 0 Å². The van der Waals surface area contributed by atoms with Crippen molar-refractivity contribution in [3.63, 3.8) is 0 Å². The molecule has 3 aromatic rings. The van der Waals surface area contributed by atoms with Gasteiger partial charge in [-0.1, -0.05) is 12.1 Å². The van der Waals surface area contributed by atoms with E-state index in [9.17, 15) is 26.6 Å². The van der Waals surface area contributed by atoms with Crippen LogP contribution < -0.4 is 21.3 Å². The molecule has 1 amide bonds. The van der Waals surface area contributed by atoms with Crippen molar-refractivity contribution in [1.29, 1.82) is 0 Å². The Morgan fingerprint density at radius 2 is 1.97 bits per heavy atom. The van der Waals surface area contributed by atoms with Crippen molar-refractivity contribution in [3.8, 4) is 0 Å². The van der Waals surface area contributed by atoms with Gasteiger partial charge in [0.15, 0.2) is 11.1 Å². The minimum Gasteiger partial charge on any atom is -0.366 e. The van der Waals surface area contributed by atoms with Gasteiger partial charge in [-0.2, -0.15) is 18.2 Å². The van der Waals surface area contributed by atoms with Crippen LogP contribution in [0.1, 0.15) is 21.5 Å². The predicted molar refractivity (Wildman–Crippen MR) is 123 cm³/mol. The van der Waals surface area contributed by atoms with Crippen molar-refractivity contribution < 1.29 is 31.1 Å². The van der Waals surface area contributed by atoms with Gasteiger partial charge in [-0.3, -0.25) is 4.79 Å². The van der Waals surface area contributed by atoms with Crippen LogP contribution in [-0.4, -0.2) is 37.6 Å². The lowest BCUT2D eigenvalue weighted by Crippen LogP contribution is -2.21. The molecule has 9 nitrogen and oxygen atoms in total. The molecule has 35 heavy (non-hydrogen) atoms. The molecule has 1 heterocycles. The third kappa shape index (κ3) is 6.86. The number of primary amides is 1. The van der Waals surface area contributed by atoms with Crippen LogP contribution in [0.3, 0.4) is 0 Å². The quantitative estimate of drug-likeness (QED) is 0.252. The Bertz CT molecular complexity index is 1260.